The van der Waals surface area contributed by atoms with Gasteiger partial charge in [0, 0.05) is 24.8 Å². The molecule has 2 heterocycles. The van der Waals surface area contributed by atoms with Gasteiger partial charge < -0.3 is 24.7 Å². The predicted octanol–water partition coefficient (Wildman–Crippen LogP) is 3.24. The van der Waals surface area contributed by atoms with Crippen molar-refractivity contribution in [2.45, 2.75) is 13.1 Å². The monoisotopic (exact) mass is 337 g/mol. The van der Waals surface area contributed by atoms with E-state index in [0.29, 0.717) is 13.1 Å². The highest BCUT2D eigenvalue weighted by atomic mass is 16.7. The van der Waals surface area contributed by atoms with Gasteiger partial charge in [0.2, 0.25) is 6.79 Å². The Balaban J connectivity index is 1.35. The maximum Gasteiger partial charge on any atom is 0.317 e. The van der Waals surface area contributed by atoms with Gasteiger partial charge in [0.05, 0.1) is 6.54 Å². The fourth-order valence-electron chi connectivity index (χ4n) is 2.92. The first-order valence-corrected chi connectivity index (χ1v) is 8.13. The number of benzene rings is 2. The third-order valence-corrected chi connectivity index (χ3v) is 4.22. The number of hydrogen-bond donors (Lipinski definition) is 2. The average Bonchev–Trinajstić information content (AvgIpc) is 3.25. The van der Waals surface area contributed by atoms with Gasteiger partial charge >= 0.3 is 6.03 Å². The topological polar surface area (TPSA) is 66.6 Å². The zero-order valence-electron chi connectivity index (χ0n) is 13.9. The molecule has 0 saturated heterocycles. The summed E-state index contributed by atoms with van der Waals surface area (Å²) in [5, 5.41) is 4.07. The quantitative estimate of drug-likeness (QED) is 0.768. The Morgan fingerprint density at radius 3 is 2.88 bits per heavy atom. The number of ether oxygens (including phenoxy) is 2. The van der Waals surface area contributed by atoms with Crippen molar-refractivity contribution >= 4 is 16.9 Å². The summed E-state index contributed by atoms with van der Waals surface area (Å²) in [6.07, 6.45) is 0. The summed E-state index contributed by atoms with van der Waals surface area (Å²) >= 11 is 0. The maximum atomic E-state index is 12.3. The van der Waals surface area contributed by atoms with Gasteiger partial charge in [-0.1, -0.05) is 24.3 Å². The van der Waals surface area contributed by atoms with Crippen LogP contribution in [0.25, 0.3) is 10.9 Å². The number of amides is 2. The van der Waals surface area contributed by atoms with Gasteiger partial charge in [-0.2, -0.15) is 0 Å². The molecule has 25 heavy (non-hydrogen) atoms. The fraction of sp³-hybridized carbons (Fsp3) is 0.211. The molecule has 2 aromatic carbocycles. The maximum absolute atomic E-state index is 12.3. The van der Waals surface area contributed by atoms with E-state index in [1.54, 1.807) is 11.9 Å². The van der Waals surface area contributed by atoms with Crippen LogP contribution in [0.2, 0.25) is 0 Å². The molecule has 6 heteroatoms. The Morgan fingerprint density at radius 2 is 2.00 bits per heavy atom. The van der Waals surface area contributed by atoms with Crippen LogP contribution in [-0.2, 0) is 13.1 Å². The van der Waals surface area contributed by atoms with Gasteiger partial charge in [0.15, 0.2) is 11.5 Å². The van der Waals surface area contributed by atoms with Gasteiger partial charge in [0.25, 0.3) is 0 Å². The molecule has 0 aliphatic carbocycles. The Hall–Kier alpha value is -3.15. The lowest BCUT2D eigenvalue weighted by atomic mass is 10.2. The number of carbonyl (C=O) groups excluding carboxylic acids is 1. The molecule has 3 aromatic rings. The second kappa shape index (κ2) is 6.39. The first-order chi connectivity index (χ1) is 12.2. The smallest absolute Gasteiger partial charge is 0.317 e. The lowest BCUT2D eigenvalue weighted by Gasteiger charge is -2.18. The first-order valence-electron chi connectivity index (χ1n) is 8.13. The third kappa shape index (κ3) is 3.24. The molecule has 0 saturated carbocycles. The summed E-state index contributed by atoms with van der Waals surface area (Å²) in [5.74, 6) is 1.47. The predicted molar refractivity (Wildman–Crippen MR) is 94.6 cm³/mol. The molecule has 128 valence electrons. The minimum atomic E-state index is -0.128. The lowest BCUT2D eigenvalue weighted by Crippen LogP contribution is -2.36. The number of nitrogens with one attached hydrogen (secondary N) is 2. The summed E-state index contributed by atoms with van der Waals surface area (Å²) in [5.41, 5.74) is 3.04. The molecule has 0 unspecified atom stereocenters. The number of carbonyl (C=O) groups is 1. The second-order valence-corrected chi connectivity index (χ2v) is 6.08. The van der Waals surface area contributed by atoms with E-state index < -0.39 is 0 Å². The van der Waals surface area contributed by atoms with Crippen LogP contribution >= 0.6 is 0 Å². The van der Waals surface area contributed by atoms with Crippen LogP contribution in [0.5, 0.6) is 11.5 Å². The van der Waals surface area contributed by atoms with Gasteiger partial charge in [-0.25, -0.2) is 4.79 Å². The van der Waals surface area contributed by atoms with Gasteiger partial charge in [-0.15, -0.1) is 0 Å². The molecule has 2 N–H and O–H groups in total. The number of aromatic nitrogens is 1. The largest absolute Gasteiger partial charge is 0.454 e. The molecule has 0 spiro atoms. The normalized spacial score (nSPS) is 12.4. The van der Waals surface area contributed by atoms with Crippen molar-refractivity contribution in [2.24, 2.45) is 0 Å². The average molecular weight is 337 g/mol. The molecular formula is C19H19N3O3. The standard InChI is InChI=1S/C19H19N3O3/c1-22(11-13-6-7-17-18(8-13)25-12-24-17)19(23)20-10-15-9-14-4-2-3-5-16(14)21-15/h2-9,21H,10-12H2,1H3,(H,20,23). The van der Waals surface area contributed by atoms with E-state index >= 15 is 0 Å². The molecule has 6 nitrogen and oxygen atoms in total. The van der Waals surface area contributed by atoms with Gasteiger partial charge in [0.1, 0.15) is 0 Å². The van der Waals surface area contributed by atoms with Crippen LogP contribution in [0.4, 0.5) is 4.79 Å². The van der Waals surface area contributed by atoms with Crippen molar-refractivity contribution in [3.63, 3.8) is 0 Å². The summed E-state index contributed by atoms with van der Waals surface area (Å²) in [4.78, 5) is 17.3. The summed E-state index contributed by atoms with van der Waals surface area (Å²) in [6, 6.07) is 15.7. The van der Waals surface area contributed by atoms with Crippen LogP contribution in [0.15, 0.2) is 48.5 Å². The van der Waals surface area contributed by atoms with Crippen molar-refractivity contribution in [1.29, 1.82) is 0 Å². The molecule has 0 bridgehead atoms. The third-order valence-electron chi connectivity index (χ3n) is 4.22. The molecule has 1 aliphatic rings. The SMILES string of the molecule is CN(Cc1ccc2c(c1)OCO2)C(=O)NCc1cc2ccccc2[nH]1. The van der Waals surface area contributed by atoms with Crippen LogP contribution < -0.4 is 14.8 Å². The molecule has 4 rings (SSSR count). The molecule has 2 amide bonds. The number of hydrogen-bond acceptors (Lipinski definition) is 3. The highest BCUT2D eigenvalue weighted by Gasteiger charge is 2.15. The van der Waals surface area contributed by atoms with E-state index in [2.05, 4.69) is 10.3 Å². The van der Waals surface area contributed by atoms with Crippen molar-refractivity contribution in [1.82, 2.24) is 15.2 Å². The molecule has 0 radical (unpaired) electrons. The fourth-order valence-corrected chi connectivity index (χ4v) is 2.92. The highest BCUT2D eigenvalue weighted by molar-refractivity contribution is 5.80. The summed E-state index contributed by atoms with van der Waals surface area (Å²) in [7, 11) is 1.77. The van der Waals surface area contributed by atoms with Crippen molar-refractivity contribution < 1.29 is 14.3 Å². The van der Waals surface area contributed by atoms with E-state index in [4.69, 9.17) is 9.47 Å². The van der Waals surface area contributed by atoms with Crippen LogP contribution in [0, 0.1) is 0 Å². The Morgan fingerprint density at radius 1 is 1.16 bits per heavy atom. The van der Waals surface area contributed by atoms with E-state index in [-0.39, 0.29) is 12.8 Å². The van der Waals surface area contributed by atoms with E-state index in [9.17, 15) is 4.79 Å². The zero-order chi connectivity index (χ0) is 17.2. The van der Waals surface area contributed by atoms with Crippen LogP contribution in [0.1, 0.15) is 11.3 Å². The summed E-state index contributed by atoms with van der Waals surface area (Å²) in [6.45, 7) is 1.20. The van der Waals surface area contributed by atoms with Gasteiger partial charge in [-0.3, -0.25) is 0 Å². The number of aromatic amines is 1. The zero-order valence-corrected chi connectivity index (χ0v) is 13.9. The number of urea groups is 1. The highest BCUT2D eigenvalue weighted by Crippen LogP contribution is 2.32. The number of H-pyrrole nitrogens is 1. The van der Waals surface area contributed by atoms with Crippen molar-refractivity contribution in [2.75, 3.05) is 13.8 Å². The number of fused-ring (bicyclic) bond motifs is 2. The summed E-state index contributed by atoms with van der Waals surface area (Å²) < 4.78 is 10.7. The van der Waals surface area contributed by atoms with E-state index in [1.807, 2.05) is 48.5 Å². The van der Waals surface area contributed by atoms with Crippen LogP contribution in [-0.4, -0.2) is 29.8 Å². The lowest BCUT2D eigenvalue weighted by molar-refractivity contribution is 0.174. The Labute approximate surface area is 145 Å². The second-order valence-electron chi connectivity index (χ2n) is 6.08. The van der Waals surface area contributed by atoms with Crippen molar-refractivity contribution in [3.8, 4) is 11.5 Å². The number of rotatable bonds is 4. The molecule has 0 fully saturated rings. The van der Waals surface area contributed by atoms with E-state index in [1.165, 1.54) is 0 Å². The molecule has 1 aliphatic heterocycles. The Kier molecular flexibility index (Phi) is 3.93. The minimum absolute atomic E-state index is 0.128. The molecule has 0 atom stereocenters. The molecular weight excluding hydrogens is 318 g/mol. The minimum Gasteiger partial charge on any atom is -0.454 e. The first kappa shape index (κ1) is 15.4. The van der Waals surface area contributed by atoms with Crippen LogP contribution in [0.3, 0.4) is 0 Å². The molecule has 1 aromatic heterocycles. The number of nitrogens with zero attached hydrogens (tertiary/aromatic N) is 1. The van der Waals surface area contributed by atoms with Crippen molar-refractivity contribution in [3.05, 3.63) is 59.8 Å². The van der Waals surface area contributed by atoms with Gasteiger partial charge in [-0.05, 0) is 35.2 Å². The Bertz CT molecular complexity index is 886. The van der Waals surface area contributed by atoms with E-state index in [0.717, 1.165) is 33.7 Å². The number of para-hydroxylation sites is 1.